The Morgan fingerprint density at radius 3 is 1.74 bits per heavy atom. The van der Waals surface area contributed by atoms with Gasteiger partial charge < -0.3 is 9.46 Å². The number of hydrogen-bond acceptors (Lipinski definition) is 3. The lowest BCUT2D eigenvalue weighted by Crippen LogP contribution is -2.25. The van der Waals surface area contributed by atoms with Crippen molar-refractivity contribution in [2.45, 2.75) is 0 Å². The SMILES string of the molecule is [2H]c1cc(N(c2ccc(-c3cc4ncccc4c4c3cc(P(=O)(c3c([2H])c([2H])c([2H])c([2H])c3[2H])c3c([2H])c([2H])c([2H])c([2H])c3[2H])c3ccccc34)cc2)c2c([2H])c([2H])c([2H])c([2H])c2[2H])c([2H])c([2H])c1-c1c([2H])c([2H])c([2H])c([2H])c1[2H]. The van der Waals surface area contributed by atoms with Crippen LogP contribution < -0.4 is 20.8 Å². The van der Waals surface area contributed by atoms with Crippen molar-refractivity contribution in [3.05, 3.63) is 224 Å². The standard InChI is InChI=1S/C53H37N2OP/c56-57(44-20-9-3-10-21-44,45-22-11-4-12-23-45)52-37-50-49(36-51-48(26-15-35-54-51)53(50)47-25-14-13-24-46(47)52)40-29-33-43(34-30-40)55(41-18-7-2-8-19-41)42-31-27-39(28-32-42)38-16-5-1-6-17-38/h1-37H/i1D,2D,3D,4D,5D,6D,7D,8D,9D,10D,11D,12D,16D,17D,18D,19D,20D,21D,22D,23D,27D,28D,31D. The third-order valence-electron chi connectivity index (χ3n) is 9.45. The summed E-state index contributed by atoms with van der Waals surface area (Å²) in [5, 5.41) is 0.000812. The number of para-hydroxylation sites is 1. The van der Waals surface area contributed by atoms with Crippen molar-refractivity contribution < 1.29 is 36.1 Å². The molecule has 4 heteroatoms. The fourth-order valence-corrected chi connectivity index (χ4v) is 9.38. The Morgan fingerprint density at radius 1 is 0.456 bits per heavy atom. The number of aromatic nitrogens is 1. The fourth-order valence-electron chi connectivity index (χ4n) is 6.97. The zero-order valence-corrected chi connectivity index (χ0v) is 30.2. The van der Waals surface area contributed by atoms with Crippen LogP contribution in [0.25, 0.3) is 54.7 Å². The quantitative estimate of drug-likeness (QED) is 0.114. The lowest BCUT2D eigenvalue weighted by atomic mass is 9.91. The minimum Gasteiger partial charge on any atom is -0.311 e. The summed E-state index contributed by atoms with van der Waals surface area (Å²) in [5.74, 6) is 0. The highest BCUT2D eigenvalue weighted by Gasteiger charge is 2.32. The van der Waals surface area contributed by atoms with E-state index in [0.717, 1.165) is 11.0 Å². The Morgan fingerprint density at radius 2 is 1.05 bits per heavy atom. The molecule has 0 bridgehead atoms. The predicted octanol–water partition coefficient (Wildman–Crippen LogP) is 13.0. The summed E-state index contributed by atoms with van der Waals surface area (Å²) in [4.78, 5) is 5.72. The monoisotopic (exact) mass is 771 g/mol. The van der Waals surface area contributed by atoms with Gasteiger partial charge in [0, 0.05) is 44.6 Å². The molecule has 270 valence electrons. The van der Waals surface area contributed by atoms with Crippen LogP contribution in [-0.4, -0.2) is 4.98 Å². The first-order valence-electron chi connectivity index (χ1n) is 28.8. The number of rotatable bonds is 8. The molecule has 10 aromatic rings. The number of hydrogen-bond donors (Lipinski definition) is 0. The minimum atomic E-state index is -5.25. The molecular formula is C53H37N2OP. The summed E-state index contributed by atoms with van der Waals surface area (Å²) in [5.41, 5.74) is -0.821. The molecule has 9 aromatic carbocycles. The maximum Gasteiger partial charge on any atom is 0.171 e. The lowest BCUT2D eigenvalue weighted by molar-refractivity contribution is 0.592. The molecule has 0 aliphatic carbocycles. The highest BCUT2D eigenvalue weighted by molar-refractivity contribution is 7.85. The van der Waals surface area contributed by atoms with Crippen LogP contribution in [0.15, 0.2) is 224 Å². The van der Waals surface area contributed by atoms with Crippen LogP contribution in [0.1, 0.15) is 31.5 Å². The maximum atomic E-state index is 17.0. The second-order valence-electron chi connectivity index (χ2n) is 12.6. The van der Waals surface area contributed by atoms with Gasteiger partial charge in [0.2, 0.25) is 0 Å². The summed E-state index contributed by atoms with van der Waals surface area (Å²) in [7, 11) is -5.25. The number of anilines is 3. The first-order valence-corrected chi connectivity index (χ1v) is 19.0. The predicted molar refractivity (Wildman–Crippen MR) is 242 cm³/mol. The van der Waals surface area contributed by atoms with Crippen LogP contribution in [0.4, 0.5) is 17.1 Å². The topological polar surface area (TPSA) is 33.2 Å². The number of pyridine rings is 1. The smallest absolute Gasteiger partial charge is 0.171 e. The maximum absolute atomic E-state index is 17.0. The van der Waals surface area contributed by atoms with Gasteiger partial charge in [-0.05, 0) is 98.3 Å². The molecule has 10 rings (SSSR count). The minimum absolute atomic E-state index is 0.00336. The average Bonchev–Trinajstić information content (AvgIpc) is 3.48. The van der Waals surface area contributed by atoms with Crippen molar-refractivity contribution in [2.75, 3.05) is 4.90 Å². The average molecular weight is 772 g/mol. The van der Waals surface area contributed by atoms with Gasteiger partial charge in [0.15, 0.2) is 7.14 Å². The van der Waals surface area contributed by atoms with Crippen LogP contribution in [0.2, 0.25) is 0 Å². The van der Waals surface area contributed by atoms with E-state index in [4.69, 9.17) is 28.8 Å². The second kappa shape index (κ2) is 14.5. The van der Waals surface area contributed by atoms with E-state index in [9.17, 15) is 2.74 Å². The molecule has 1 aromatic heterocycles. The Balaban J connectivity index is 1.29. The van der Waals surface area contributed by atoms with Gasteiger partial charge >= 0.3 is 0 Å². The van der Waals surface area contributed by atoms with Crippen molar-refractivity contribution in [3.63, 3.8) is 0 Å². The molecule has 0 aliphatic rings. The van der Waals surface area contributed by atoms with Gasteiger partial charge in [-0.1, -0.05) is 163 Å². The third kappa shape index (κ3) is 6.10. The molecule has 0 amide bonds. The summed E-state index contributed by atoms with van der Waals surface area (Å²) in [6.45, 7) is 0. The second-order valence-corrected chi connectivity index (χ2v) is 15.2. The van der Waals surface area contributed by atoms with E-state index in [2.05, 4.69) is 4.98 Å². The van der Waals surface area contributed by atoms with Gasteiger partial charge in [0.25, 0.3) is 0 Å². The molecule has 0 spiro atoms. The molecule has 0 unspecified atom stereocenters. The van der Waals surface area contributed by atoms with Gasteiger partial charge in [-0.2, -0.15) is 0 Å². The van der Waals surface area contributed by atoms with Gasteiger partial charge in [-0.25, -0.2) is 0 Å². The van der Waals surface area contributed by atoms with Crippen LogP contribution in [0, 0.1) is 0 Å². The first-order chi connectivity index (χ1) is 37.7. The molecule has 0 saturated heterocycles. The van der Waals surface area contributed by atoms with E-state index in [1.807, 2.05) is 0 Å². The summed E-state index contributed by atoms with van der Waals surface area (Å²) >= 11 is 0. The molecule has 0 N–H and O–H groups in total. The lowest BCUT2D eigenvalue weighted by Gasteiger charge is -2.26. The Bertz CT molecular complexity index is 4270. The van der Waals surface area contributed by atoms with E-state index in [0.29, 0.717) is 32.8 Å². The first kappa shape index (κ1) is 17.8. The largest absolute Gasteiger partial charge is 0.311 e. The van der Waals surface area contributed by atoms with Crippen molar-refractivity contribution in [3.8, 4) is 22.3 Å². The molecule has 57 heavy (non-hydrogen) atoms. The van der Waals surface area contributed by atoms with Gasteiger partial charge in [0.1, 0.15) is 0 Å². The van der Waals surface area contributed by atoms with Gasteiger partial charge in [0.05, 0.1) is 37.0 Å². The third-order valence-corrected chi connectivity index (χ3v) is 12.2. The summed E-state index contributed by atoms with van der Waals surface area (Å²) < 4.78 is 218. The van der Waals surface area contributed by atoms with Gasteiger partial charge in [-0.3, -0.25) is 4.98 Å². The number of benzene rings is 9. The molecule has 0 aliphatic heterocycles. The van der Waals surface area contributed by atoms with Crippen molar-refractivity contribution in [1.82, 2.24) is 4.98 Å². The molecule has 0 atom stereocenters. The molecule has 0 radical (unpaired) electrons. The summed E-state index contributed by atoms with van der Waals surface area (Å²) in [6, 6.07) is 1.36. The molecule has 0 saturated carbocycles. The van der Waals surface area contributed by atoms with Crippen molar-refractivity contribution in [1.29, 1.82) is 0 Å². The van der Waals surface area contributed by atoms with Gasteiger partial charge in [-0.15, -0.1) is 0 Å². The van der Waals surface area contributed by atoms with Crippen molar-refractivity contribution in [2.24, 2.45) is 0 Å². The molecular weight excluding hydrogens is 712 g/mol. The van der Waals surface area contributed by atoms with Crippen LogP contribution in [-0.2, 0) is 4.57 Å². The zero-order valence-electron chi connectivity index (χ0n) is 52.3. The Hall–Kier alpha value is -7.06. The number of fused-ring (bicyclic) bond motifs is 5. The zero-order chi connectivity index (χ0) is 58.2. The fraction of sp³-hybridized carbons (Fsp3) is 0. The number of nitrogens with zero attached hydrogens (tertiary/aromatic N) is 2. The van der Waals surface area contributed by atoms with Crippen molar-refractivity contribution >= 4 is 72.6 Å². The van der Waals surface area contributed by atoms with E-state index in [1.165, 1.54) is 30.3 Å². The van der Waals surface area contributed by atoms with Crippen LogP contribution in [0.5, 0.6) is 0 Å². The van der Waals surface area contributed by atoms with E-state index >= 15 is 4.57 Å². The highest BCUT2D eigenvalue weighted by Crippen LogP contribution is 2.48. The highest BCUT2D eigenvalue weighted by atomic mass is 31.2. The molecule has 0 fully saturated rings. The molecule has 1 heterocycles. The Kier molecular flexibility index (Phi) is 4.55. The molecule has 3 nitrogen and oxygen atoms in total. The van der Waals surface area contributed by atoms with E-state index < -0.39 is 174 Å². The van der Waals surface area contributed by atoms with E-state index in [1.54, 1.807) is 48.7 Å². The Labute approximate surface area is 364 Å². The van der Waals surface area contributed by atoms with Crippen LogP contribution in [0.3, 0.4) is 0 Å². The summed E-state index contributed by atoms with van der Waals surface area (Å²) in [6.07, 6.45) is 1.54. The van der Waals surface area contributed by atoms with E-state index in [-0.39, 0.29) is 27.5 Å². The normalized spacial score (nSPS) is 17.2. The van der Waals surface area contributed by atoms with Crippen LogP contribution >= 0.6 is 7.14 Å².